The second-order valence-corrected chi connectivity index (χ2v) is 5.36. The van der Waals surface area contributed by atoms with Crippen LogP contribution in [0.2, 0.25) is 5.22 Å². The van der Waals surface area contributed by atoms with Gasteiger partial charge in [-0.3, -0.25) is 10.5 Å². The molecule has 0 saturated carbocycles. The minimum absolute atomic E-state index is 0.216. The standard InChI is InChI=1S/C11H14BrClN4O/c1-6(2)17-10(8(12)5-15-17)9(16-14)7-3-4-18-11(7)13/h3-6,9,16H,14H2,1-2H3. The Bertz CT molecular complexity index is 537. The van der Waals surface area contributed by atoms with Crippen molar-refractivity contribution in [1.82, 2.24) is 15.2 Å². The normalized spacial score (nSPS) is 13.2. The molecule has 0 spiro atoms. The number of aromatic nitrogens is 2. The molecule has 7 heteroatoms. The third kappa shape index (κ3) is 2.33. The highest BCUT2D eigenvalue weighted by atomic mass is 79.9. The van der Waals surface area contributed by atoms with Gasteiger partial charge in [-0.1, -0.05) is 0 Å². The van der Waals surface area contributed by atoms with Gasteiger partial charge >= 0.3 is 0 Å². The average Bonchev–Trinajstić information content (AvgIpc) is 2.89. The second kappa shape index (κ2) is 5.44. The fourth-order valence-electron chi connectivity index (χ4n) is 1.86. The SMILES string of the molecule is CC(C)n1ncc(Br)c1C(NN)c1ccoc1Cl. The van der Waals surface area contributed by atoms with E-state index in [0.29, 0.717) is 5.22 Å². The fraction of sp³-hybridized carbons (Fsp3) is 0.364. The maximum absolute atomic E-state index is 6.01. The van der Waals surface area contributed by atoms with Crippen molar-refractivity contribution >= 4 is 27.5 Å². The molecule has 0 amide bonds. The summed E-state index contributed by atoms with van der Waals surface area (Å²) < 4.78 is 7.87. The maximum Gasteiger partial charge on any atom is 0.198 e. The number of furan rings is 1. The maximum atomic E-state index is 6.01. The Balaban J connectivity index is 2.52. The summed E-state index contributed by atoms with van der Waals surface area (Å²) in [6, 6.07) is 1.72. The van der Waals surface area contributed by atoms with Crippen LogP contribution in [0.25, 0.3) is 0 Å². The third-order valence-electron chi connectivity index (χ3n) is 2.67. The summed E-state index contributed by atoms with van der Waals surface area (Å²) in [5.41, 5.74) is 4.44. The van der Waals surface area contributed by atoms with Crippen molar-refractivity contribution in [2.45, 2.75) is 25.9 Å². The Morgan fingerprint density at radius 1 is 1.56 bits per heavy atom. The Labute approximate surface area is 118 Å². The summed E-state index contributed by atoms with van der Waals surface area (Å²) in [7, 11) is 0. The molecule has 2 aromatic rings. The molecule has 18 heavy (non-hydrogen) atoms. The van der Waals surface area contributed by atoms with Crippen molar-refractivity contribution in [1.29, 1.82) is 0 Å². The van der Waals surface area contributed by atoms with Gasteiger partial charge < -0.3 is 4.42 Å². The van der Waals surface area contributed by atoms with Gasteiger partial charge in [0.2, 0.25) is 0 Å². The number of nitrogens with one attached hydrogen (secondary N) is 1. The van der Waals surface area contributed by atoms with Gasteiger partial charge in [0.1, 0.15) is 0 Å². The molecule has 5 nitrogen and oxygen atoms in total. The summed E-state index contributed by atoms with van der Waals surface area (Å²) in [4.78, 5) is 0. The summed E-state index contributed by atoms with van der Waals surface area (Å²) in [5, 5.41) is 4.64. The smallest absolute Gasteiger partial charge is 0.198 e. The fourth-order valence-corrected chi connectivity index (χ4v) is 2.58. The molecule has 98 valence electrons. The van der Waals surface area contributed by atoms with Crippen LogP contribution in [0.15, 0.2) is 27.4 Å². The minimum Gasteiger partial charge on any atom is -0.453 e. The number of hydrogen-bond donors (Lipinski definition) is 2. The predicted octanol–water partition coefficient (Wildman–Crippen LogP) is 3.03. The lowest BCUT2D eigenvalue weighted by atomic mass is 10.1. The first kappa shape index (κ1) is 13.6. The van der Waals surface area contributed by atoms with Crippen molar-refractivity contribution in [3.05, 3.63) is 39.5 Å². The van der Waals surface area contributed by atoms with Crippen LogP contribution in [0, 0.1) is 0 Å². The van der Waals surface area contributed by atoms with Crippen LogP contribution in [0.3, 0.4) is 0 Å². The second-order valence-electron chi connectivity index (χ2n) is 4.17. The van der Waals surface area contributed by atoms with E-state index >= 15 is 0 Å². The highest BCUT2D eigenvalue weighted by Crippen LogP contribution is 2.33. The zero-order valence-corrected chi connectivity index (χ0v) is 12.4. The van der Waals surface area contributed by atoms with Crippen LogP contribution >= 0.6 is 27.5 Å². The Hall–Kier alpha value is -0.820. The van der Waals surface area contributed by atoms with Gasteiger partial charge in [-0.2, -0.15) is 5.10 Å². The van der Waals surface area contributed by atoms with E-state index in [1.54, 1.807) is 12.3 Å². The molecule has 0 aliphatic rings. The Morgan fingerprint density at radius 3 is 2.78 bits per heavy atom. The van der Waals surface area contributed by atoms with Crippen molar-refractivity contribution in [2.75, 3.05) is 0 Å². The van der Waals surface area contributed by atoms with E-state index in [0.717, 1.165) is 15.7 Å². The molecular weight excluding hydrogens is 320 g/mol. The quantitative estimate of drug-likeness (QED) is 0.666. The zero-order chi connectivity index (χ0) is 13.3. The molecule has 0 bridgehead atoms. The van der Waals surface area contributed by atoms with Crippen LogP contribution in [-0.4, -0.2) is 9.78 Å². The summed E-state index contributed by atoms with van der Waals surface area (Å²) in [5.74, 6) is 5.65. The summed E-state index contributed by atoms with van der Waals surface area (Å²) >= 11 is 9.49. The lowest BCUT2D eigenvalue weighted by Gasteiger charge is -2.19. The molecule has 2 rings (SSSR count). The molecule has 1 unspecified atom stereocenters. The Morgan fingerprint density at radius 2 is 2.28 bits per heavy atom. The van der Waals surface area contributed by atoms with Gasteiger partial charge in [0.15, 0.2) is 5.22 Å². The molecule has 0 aromatic carbocycles. The van der Waals surface area contributed by atoms with E-state index in [1.165, 1.54) is 6.26 Å². The van der Waals surface area contributed by atoms with Crippen molar-refractivity contribution in [3.8, 4) is 0 Å². The largest absolute Gasteiger partial charge is 0.453 e. The Kier molecular flexibility index (Phi) is 4.11. The van der Waals surface area contributed by atoms with Gasteiger partial charge in [0.05, 0.1) is 28.7 Å². The van der Waals surface area contributed by atoms with E-state index in [-0.39, 0.29) is 12.1 Å². The number of hydrogen-bond acceptors (Lipinski definition) is 4. The van der Waals surface area contributed by atoms with E-state index in [9.17, 15) is 0 Å². The minimum atomic E-state index is -0.282. The molecule has 1 atom stereocenters. The first-order valence-corrected chi connectivity index (χ1v) is 6.65. The topological polar surface area (TPSA) is 69.0 Å². The van der Waals surface area contributed by atoms with Gasteiger partial charge in [-0.05, 0) is 47.4 Å². The molecular formula is C11H14BrClN4O. The first-order valence-electron chi connectivity index (χ1n) is 5.48. The zero-order valence-electron chi connectivity index (χ0n) is 10.0. The molecule has 0 radical (unpaired) electrons. The van der Waals surface area contributed by atoms with Crippen molar-refractivity contribution < 1.29 is 4.42 Å². The third-order valence-corrected chi connectivity index (χ3v) is 3.59. The van der Waals surface area contributed by atoms with Crippen molar-refractivity contribution in [3.63, 3.8) is 0 Å². The number of halogens is 2. The van der Waals surface area contributed by atoms with Gasteiger partial charge in [0.25, 0.3) is 0 Å². The monoisotopic (exact) mass is 332 g/mol. The van der Waals surface area contributed by atoms with Crippen LogP contribution in [-0.2, 0) is 0 Å². The van der Waals surface area contributed by atoms with Crippen LogP contribution < -0.4 is 11.3 Å². The average molecular weight is 334 g/mol. The number of nitrogens with zero attached hydrogens (tertiary/aromatic N) is 2. The van der Waals surface area contributed by atoms with Crippen LogP contribution in [0.4, 0.5) is 0 Å². The first-order chi connectivity index (χ1) is 8.56. The molecule has 0 fully saturated rings. The highest BCUT2D eigenvalue weighted by Gasteiger charge is 2.25. The number of rotatable bonds is 4. The number of nitrogens with two attached hydrogens (primary N) is 1. The van der Waals surface area contributed by atoms with E-state index in [1.807, 2.05) is 18.5 Å². The summed E-state index contributed by atoms with van der Waals surface area (Å²) in [6.07, 6.45) is 3.28. The van der Waals surface area contributed by atoms with Gasteiger partial charge in [0, 0.05) is 11.6 Å². The molecule has 2 heterocycles. The van der Waals surface area contributed by atoms with E-state index in [2.05, 4.69) is 26.5 Å². The molecule has 0 saturated heterocycles. The lowest BCUT2D eigenvalue weighted by Crippen LogP contribution is -2.31. The van der Waals surface area contributed by atoms with E-state index < -0.39 is 0 Å². The molecule has 0 aliphatic carbocycles. The van der Waals surface area contributed by atoms with Crippen LogP contribution in [0.1, 0.15) is 37.2 Å². The number of hydrazine groups is 1. The highest BCUT2D eigenvalue weighted by molar-refractivity contribution is 9.10. The van der Waals surface area contributed by atoms with Crippen LogP contribution in [0.5, 0.6) is 0 Å². The molecule has 3 N–H and O–H groups in total. The molecule has 0 aliphatic heterocycles. The summed E-state index contributed by atoms with van der Waals surface area (Å²) in [6.45, 7) is 4.10. The lowest BCUT2D eigenvalue weighted by molar-refractivity contribution is 0.472. The van der Waals surface area contributed by atoms with Gasteiger partial charge in [-0.25, -0.2) is 5.43 Å². The predicted molar refractivity (Wildman–Crippen MR) is 73.2 cm³/mol. The van der Waals surface area contributed by atoms with Gasteiger partial charge in [-0.15, -0.1) is 0 Å². The van der Waals surface area contributed by atoms with Crippen molar-refractivity contribution in [2.24, 2.45) is 5.84 Å². The molecule has 2 aromatic heterocycles. The van der Waals surface area contributed by atoms with E-state index in [4.69, 9.17) is 21.9 Å².